The molecule has 0 aliphatic heterocycles. The number of hydrogen-bond acceptors (Lipinski definition) is 3. The van der Waals surface area contributed by atoms with Gasteiger partial charge in [-0.25, -0.2) is 0 Å². The Morgan fingerprint density at radius 1 is 1.45 bits per heavy atom. The number of thiol groups is 1. The molecule has 0 unspecified atom stereocenters. The Kier molecular flexibility index (Phi) is 3.77. The minimum atomic E-state index is -0.194. The summed E-state index contributed by atoms with van der Waals surface area (Å²) < 4.78 is 4.96. The lowest BCUT2D eigenvalue weighted by Gasteiger charge is -2.08. The molecule has 0 amide bonds. The topological polar surface area (TPSA) is 26.3 Å². The van der Waals surface area contributed by atoms with E-state index in [9.17, 15) is 4.79 Å². The highest BCUT2D eigenvalue weighted by molar-refractivity contribution is 7.81. The normalized spacial score (nSPS) is 18.6. The van der Waals surface area contributed by atoms with Crippen LogP contribution in [0.4, 0.5) is 0 Å². The number of ether oxygens (including phenoxy) is 1. The van der Waals surface area contributed by atoms with Crippen molar-refractivity contribution in [1.82, 2.24) is 0 Å². The molecule has 2 nitrogen and oxygen atoms in total. The zero-order valence-electron chi connectivity index (χ0n) is 6.58. The van der Waals surface area contributed by atoms with Gasteiger partial charge in [-0.3, -0.25) is 4.79 Å². The van der Waals surface area contributed by atoms with Gasteiger partial charge < -0.3 is 4.74 Å². The quantitative estimate of drug-likeness (QED) is 0.520. The lowest BCUT2D eigenvalue weighted by Crippen LogP contribution is -2.12. The Hall–Kier alpha value is -0.180. The number of esters is 1. The Morgan fingerprint density at radius 2 is 2.09 bits per heavy atom. The van der Waals surface area contributed by atoms with E-state index in [4.69, 9.17) is 4.74 Å². The van der Waals surface area contributed by atoms with E-state index in [0.29, 0.717) is 12.5 Å². The van der Waals surface area contributed by atoms with Gasteiger partial charge in [0, 0.05) is 0 Å². The zero-order valence-corrected chi connectivity index (χ0v) is 7.48. The summed E-state index contributed by atoms with van der Waals surface area (Å²) in [7, 11) is 0. The average molecular weight is 174 g/mol. The maximum Gasteiger partial charge on any atom is 0.315 e. The van der Waals surface area contributed by atoms with Crippen molar-refractivity contribution < 1.29 is 9.53 Å². The van der Waals surface area contributed by atoms with Crippen LogP contribution in [0.15, 0.2) is 0 Å². The highest BCUT2D eigenvalue weighted by Crippen LogP contribution is 2.24. The summed E-state index contributed by atoms with van der Waals surface area (Å²) in [6, 6.07) is 0. The molecule has 0 spiro atoms. The fraction of sp³-hybridized carbons (Fsp3) is 0.875. The third kappa shape index (κ3) is 3.14. The highest BCUT2D eigenvalue weighted by Gasteiger charge is 2.16. The predicted octanol–water partition coefficient (Wildman–Crippen LogP) is 1.65. The molecule has 0 heterocycles. The number of carbonyl (C=O) groups excluding carboxylic acids is 1. The van der Waals surface area contributed by atoms with Gasteiger partial charge in [-0.05, 0) is 18.8 Å². The summed E-state index contributed by atoms with van der Waals surface area (Å²) in [4.78, 5) is 10.7. The van der Waals surface area contributed by atoms with E-state index in [1.165, 1.54) is 25.7 Å². The molecule has 0 saturated heterocycles. The summed E-state index contributed by atoms with van der Waals surface area (Å²) in [5.41, 5.74) is 0. The minimum absolute atomic E-state index is 0.194. The summed E-state index contributed by atoms with van der Waals surface area (Å²) in [5.74, 6) is 0.631. The molecule has 0 radical (unpaired) electrons. The maximum absolute atomic E-state index is 10.7. The van der Waals surface area contributed by atoms with Crippen LogP contribution in [0.2, 0.25) is 0 Å². The average Bonchev–Trinajstić information content (AvgIpc) is 2.52. The fourth-order valence-electron chi connectivity index (χ4n) is 1.43. The van der Waals surface area contributed by atoms with E-state index in [2.05, 4.69) is 12.6 Å². The molecule has 1 aliphatic rings. The summed E-state index contributed by atoms with van der Waals surface area (Å²) in [6.45, 7) is 0.611. The van der Waals surface area contributed by atoms with Gasteiger partial charge >= 0.3 is 5.97 Å². The van der Waals surface area contributed by atoms with Gasteiger partial charge in [0.05, 0.1) is 12.4 Å². The molecule has 64 valence electrons. The Balaban J connectivity index is 2.06. The number of hydrogen-bond donors (Lipinski definition) is 1. The van der Waals surface area contributed by atoms with Crippen LogP contribution in [0.3, 0.4) is 0 Å². The first-order chi connectivity index (χ1) is 5.33. The molecule has 0 aromatic rings. The van der Waals surface area contributed by atoms with Crippen molar-refractivity contribution in [2.45, 2.75) is 25.7 Å². The van der Waals surface area contributed by atoms with Gasteiger partial charge in [0.15, 0.2) is 0 Å². The van der Waals surface area contributed by atoms with Gasteiger partial charge in [-0.15, -0.1) is 0 Å². The molecular weight excluding hydrogens is 160 g/mol. The van der Waals surface area contributed by atoms with Crippen molar-refractivity contribution >= 4 is 18.6 Å². The van der Waals surface area contributed by atoms with Crippen molar-refractivity contribution in [1.29, 1.82) is 0 Å². The van der Waals surface area contributed by atoms with Gasteiger partial charge in [0.25, 0.3) is 0 Å². The Labute approximate surface area is 72.7 Å². The van der Waals surface area contributed by atoms with Crippen molar-refractivity contribution in [3.8, 4) is 0 Å². The predicted molar refractivity (Wildman–Crippen MR) is 46.8 cm³/mol. The Bertz CT molecular complexity index is 130. The van der Waals surface area contributed by atoms with Gasteiger partial charge in [-0.2, -0.15) is 12.6 Å². The van der Waals surface area contributed by atoms with Gasteiger partial charge in [0.1, 0.15) is 0 Å². The summed E-state index contributed by atoms with van der Waals surface area (Å²) >= 11 is 3.82. The molecule has 1 saturated carbocycles. The monoisotopic (exact) mass is 174 g/mol. The smallest absolute Gasteiger partial charge is 0.315 e. The van der Waals surface area contributed by atoms with Crippen LogP contribution in [-0.4, -0.2) is 18.3 Å². The highest BCUT2D eigenvalue weighted by atomic mass is 32.1. The van der Waals surface area contributed by atoms with E-state index in [1.54, 1.807) is 0 Å². The fourth-order valence-corrected chi connectivity index (χ4v) is 1.52. The second kappa shape index (κ2) is 4.65. The standard InChI is InChI=1S/C8H14O2S/c9-8(6-11)10-5-7-3-1-2-4-7/h7,11H,1-6H2. The Morgan fingerprint density at radius 3 is 2.64 bits per heavy atom. The first-order valence-electron chi connectivity index (χ1n) is 4.09. The van der Waals surface area contributed by atoms with Crippen LogP contribution < -0.4 is 0 Å². The largest absolute Gasteiger partial charge is 0.465 e. The van der Waals surface area contributed by atoms with Crippen molar-refractivity contribution in [2.24, 2.45) is 5.92 Å². The molecule has 0 bridgehead atoms. The second-order valence-corrected chi connectivity index (χ2v) is 3.31. The van der Waals surface area contributed by atoms with E-state index in [0.717, 1.165) is 0 Å². The number of rotatable bonds is 3. The van der Waals surface area contributed by atoms with E-state index >= 15 is 0 Å². The molecule has 3 heteroatoms. The molecular formula is C8H14O2S. The van der Waals surface area contributed by atoms with Gasteiger partial charge in [-0.1, -0.05) is 12.8 Å². The molecule has 0 aromatic heterocycles. The van der Waals surface area contributed by atoms with E-state index in [-0.39, 0.29) is 11.7 Å². The second-order valence-electron chi connectivity index (χ2n) is 2.99. The van der Waals surface area contributed by atoms with E-state index < -0.39 is 0 Å². The molecule has 1 fully saturated rings. The van der Waals surface area contributed by atoms with Crippen molar-refractivity contribution in [3.05, 3.63) is 0 Å². The van der Waals surface area contributed by atoms with Crippen LogP contribution in [-0.2, 0) is 9.53 Å². The van der Waals surface area contributed by atoms with Crippen molar-refractivity contribution in [3.63, 3.8) is 0 Å². The van der Waals surface area contributed by atoms with Gasteiger partial charge in [0.2, 0.25) is 0 Å². The first kappa shape index (κ1) is 8.91. The lowest BCUT2D eigenvalue weighted by molar-refractivity contribution is -0.141. The number of carbonyl (C=O) groups is 1. The molecule has 1 rings (SSSR count). The molecule has 11 heavy (non-hydrogen) atoms. The van der Waals surface area contributed by atoms with Crippen LogP contribution in [0.5, 0.6) is 0 Å². The molecule has 0 N–H and O–H groups in total. The third-order valence-corrected chi connectivity index (χ3v) is 2.34. The SMILES string of the molecule is O=C(CS)OCC1CCCC1. The minimum Gasteiger partial charge on any atom is -0.465 e. The van der Waals surface area contributed by atoms with Crippen LogP contribution in [0, 0.1) is 5.92 Å². The molecule has 1 aliphatic carbocycles. The first-order valence-corrected chi connectivity index (χ1v) is 4.72. The zero-order chi connectivity index (χ0) is 8.10. The van der Waals surface area contributed by atoms with Crippen LogP contribution >= 0.6 is 12.6 Å². The van der Waals surface area contributed by atoms with Crippen molar-refractivity contribution in [2.75, 3.05) is 12.4 Å². The van der Waals surface area contributed by atoms with Crippen LogP contribution in [0.25, 0.3) is 0 Å². The third-order valence-electron chi connectivity index (χ3n) is 2.08. The summed E-state index contributed by atoms with van der Waals surface area (Å²) in [6.07, 6.45) is 5.03. The lowest BCUT2D eigenvalue weighted by atomic mass is 10.1. The van der Waals surface area contributed by atoms with Crippen LogP contribution in [0.1, 0.15) is 25.7 Å². The summed E-state index contributed by atoms with van der Waals surface area (Å²) in [5, 5.41) is 0. The molecule has 0 atom stereocenters. The van der Waals surface area contributed by atoms with E-state index in [1.807, 2.05) is 0 Å². The molecule has 0 aromatic carbocycles. The maximum atomic E-state index is 10.7.